The largest absolute Gasteiger partial charge is 0.497 e. The molecule has 28 heavy (non-hydrogen) atoms. The molecule has 0 aliphatic heterocycles. The minimum absolute atomic E-state index is 0.0785. The van der Waals surface area contributed by atoms with Crippen LogP contribution >= 0.6 is 0 Å². The summed E-state index contributed by atoms with van der Waals surface area (Å²) in [6, 6.07) is 18.0. The Kier molecular flexibility index (Phi) is 5.75. The van der Waals surface area contributed by atoms with Gasteiger partial charge in [0, 0.05) is 11.6 Å². The topological polar surface area (TPSA) is 69.7 Å². The number of hydrogen-bond acceptors (Lipinski definition) is 5. The van der Waals surface area contributed by atoms with E-state index >= 15 is 0 Å². The summed E-state index contributed by atoms with van der Waals surface area (Å²) in [5.74, 6) is -1.29. The van der Waals surface area contributed by atoms with Crippen molar-refractivity contribution < 1.29 is 26.5 Å². The zero-order chi connectivity index (χ0) is 20.1. The van der Waals surface area contributed by atoms with Gasteiger partial charge in [-0.3, -0.25) is 4.79 Å². The van der Waals surface area contributed by atoms with Crippen molar-refractivity contribution in [2.24, 2.45) is 0 Å². The molecule has 144 valence electrons. The van der Waals surface area contributed by atoms with Gasteiger partial charge in [0.2, 0.25) is 0 Å². The number of carbonyl (C=O) groups is 1. The first kappa shape index (κ1) is 19.6. The lowest BCUT2D eigenvalue weighted by molar-refractivity contribution is 0.103. The highest BCUT2D eigenvalue weighted by Gasteiger charge is 2.21. The third-order valence-electron chi connectivity index (χ3n) is 3.92. The Bertz CT molecular complexity index is 1090. The molecular weight excluding hydrogens is 383 g/mol. The molecule has 0 atom stereocenters. The van der Waals surface area contributed by atoms with Gasteiger partial charge >= 0.3 is 10.1 Å². The molecule has 0 bridgehead atoms. The number of methoxy groups -OCH3 is 1. The normalized spacial score (nSPS) is 11.1. The van der Waals surface area contributed by atoms with Crippen molar-refractivity contribution in [3.05, 3.63) is 95.3 Å². The SMILES string of the molecule is COc1ccc(C(=O)c2ccccc2)c(OS(=O)(=O)Cc2cccc(F)c2)c1. The van der Waals surface area contributed by atoms with E-state index in [-0.39, 0.29) is 22.7 Å². The van der Waals surface area contributed by atoms with Crippen LogP contribution in [-0.4, -0.2) is 21.3 Å². The highest BCUT2D eigenvalue weighted by molar-refractivity contribution is 7.86. The van der Waals surface area contributed by atoms with E-state index in [1.165, 1.54) is 37.4 Å². The van der Waals surface area contributed by atoms with Crippen molar-refractivity contribution in [3.63, 3.8) is 0 Å². The predicted molar refractivity (Wildman–Crippen MR) is 103 cm³/mol. The Balaban J connectivity index is 1.94. The number of halogens is 1. The summed E-state index contributed by atoms with van der Waals surface area (Å²) in [6.45, 7) is 0. The van der Waals surface area contributed by atoms with Crippen LogP contribution < -0.4 is 8.92 Å². The van der Waals surface area contributed by atoms with Crippen molar-refractivity contribution in [2.75, 3.05) is 7.11 Å². The molecule has 3 rings (SSSR count). The van der Waals surface area contributed by atoms with Crippen LogP contribution in [-0.2, 0) is 15.9 Å². The molecule has 0 N–H and O–H groups in total. The number of ether oxygens (including phenoxy) is 1. The second-order valence-corrected chi connectivity index (χ2v) is 7.54. The van der Waals surface area contributed by atoms with E-state index in [1.807, 2.05) is 0 Å². The van der Waals surface area contributed by atoms with E-state index < -0.39 is 21.7 Å². The summed E-state index contributed by atoms with van der Waals surface area (Å²) in [5.41, 5.74) is 0.702. The van der Waals surface area contributed by atoms with Crippen molar-refractivity contribution in [2.45, 2.75) is 5.75 Å². The molecule has 0 spiro atoms. The zero-order valence-corrected chi connectivity index (χ0v) is 15.8. The van der Waals surface area contributed by atoms with Gasteiger partial charge in [0.05, 0.1) is 12.7 Å². The van der Waals surface area contributed by atoms with Gasteiger partial charge in [0.15, 0.2) is 11.5 Å². The lowest BCUT2D eigenvalue weighted by Gasteiger charge is -2.13. The molecule has 0 fully saturated rings. The van der Waals surface area contributed by atoms with Crippen molar-refractivity contribution in [1.29, 1.82) is 0 Å². The second-order valence-electron chi connectivity index (χ2n) is 5.97. The van der Waals surface area contributed by atoms with Gasteiger partial charge in [-0.05, 0) is 29.8 Å². The van der Waals surface area contributed by atoms with E-state index in [0.717, 1.165) is 6.07 Å². The van der Waals surface area contributed by atoms with Crippen LogP contribution in [0.5, 0.6) is 11.5 Å². The Morgan fingerprint density at radius 2 is 1.71 bits per heavy atom. The molecule has 0 unspecified atom stereocenters. The molecule has 7 heteroatoms. The van der Waals surface area contributed by atoms with E-state index in [9.17, 15) is 17.6 Å². The summed E-state index contributed by atoms with van der Waals surface area (Å²) in [6.07, 6.45) is 0. The summed E-state index contributed by atoms with van der Waals surface area (Å²) in [5, 5.41) is 0. The van der Waals surface area contributed by atoms with Crippen LogP contribution in [0.2, 0.25) is 0 Å². The predicted octanol–water partition coefficient (Wildman–Crippen LogP) is 3.97. The first-order valence-corrected chi connectivity index (χ1v) is 9.90. The second kappa shape index (κ2) is 8.22. The minimum atomic E-state index is -4.14. The summed E-state index contributed by atoms with van der Waals surface area (Å²) in [7, 11) is -2.73. The van der Waals surface area contributed by atoms with Crippen molar-refractivity contribution in [1.82, 2.24) is 0 Å². The standard InChI is InChI=1S/C21H17FO5S/c1-26-18-10-11-19(21(23)16-7-3-2-4-8-16)20(13-18)27-28(24,25)14-15-6-5-9-17(22)12-15/h2-13H,14H2,1H3. The van der Waals surface area contributed by atoms with Crippen molar-refractivity contribution >= 4 is 15.9 Å². The van der Waals surface area contributed by atoms with Gasteiger partial charge < -0.3 is 8.92 Å². The van der Waals surface area contributed by atoms with E-state index in [0.29, 0.717) is 11.3 Å². The molecule has 0 aliphatic carbocycles. The van der Waals surface area contributed by atoms with E-state index in [1.54, 1.807) is 36.4 Å². The average molecular weight is 400 g/mol. The molecule has 5 nitrogen and oxygen atoms in total. The molecule has 0 aromatic heterocycles. The van der Waals surface area contributed by atoms with Crippen LogP contribution in [0.4, 0.5) is 4.39 Å². The molecule has 3 aromatic carbocycles. The fourth-order valence-corrected chi connectivity index (χ4v) is 3.69. The molecule has 0 amide bonds. The molecule has 0 aliphatic rings. The number of hydrogen-bond donors (Lipinski definition) is 0. The Morgan fingerprint density at radius 1 is 0.964 bits per heavy atom. The number of carbonyl (C=O) groups excluding carboxylic acids is 1. The quantitative estimate of drug-likeness (QED) is 0.443. The molecule has 0 heterocycles. The van der Waals surface area contributed by atoms with Crippen LogP contribution in [0.15, 0.2) is 72.8 Å². The smallest absolute Gasteiger partial charge is 0.313 e. The van der Waals surface area contributed by atoms with Gasteiger partial charge in [-0.15, -0.1) is 0 Å². The van der Waals surface area contributed by atoms with Crippen LogP contribution in [0, 0.1) is 5.82 Å². The number of benzene rings is 3. The lowest BCUT2D eigenvalue weighted by Crippen LogP contribution is -2.15. The van der Waals surface area contributed by atoms with Crippen LogP contribution in [0.1, 0.15) is 21.5 Å². The Labute approximate surface area is 162 Å². The van der Waals surface area contributed by atoms with Crippen LogP contribution in [0.25, 0.3) is 0 Å². The van der Waals surface area contributed by atoms with Crippen LogP contribution in [0.3, 0.4) is 0 Å². The Hall–Kier alpha value is -3.19. The third kappa shape index (κ3) is 4.75. The summed E-state index contributed by atoms with van der Waals surface area (Å²) >= 11 is 0. The number of rotatable bonds is 7. The molecule has 0 saturated heterocycles. The monoisotopic (exact) mass is 400 g/mol. The molecule has 0 saturated carbocycles. The first-order valence-electron chi connectivity index (χ1n) is 8.32. The maximum Gasteiger partial charge on any atom is 0.313 e. The highest BCUT2D eigenvalue weighted by atomic mass is 32.2. The van der Waals surface area contributed by atoms with Gasteiger partial charge in [-0.25, -0.2) is 4.39 Å². The lowest BCUT2D eigenvalue weighted by atomic mass is 10.0. The van der Waals surface area contributed by atoms with Gasteiger partial charge in [0.1, 0.15) is 17.3 Å². The third-order valence-corrected chi connectivity index (χ3v) is 5.04. The van der Waals surface area contributed by atoms with Gasteiger partial charge in [0.25, 0.3) is 0 Å². The van der Waals surface area contributed by atoms with Gasteiger partial charge in [-0.1, -0.05) is 42.5 Å². The maximum absolute atomic E-state index is 13.3. The molecule has 0 radical (unpaired) electrons. The summed E-state index contributed by atoms with van der Waals surface area (Å²) < 4.78 is 48.6. The zero-order valence-electron chi connectivity index (χ0n) is 15.0. The summed E-state index contributed by atoms with van der Waals surface area (Å²) in [4.78, 5) is 12.8. The molecular formula is C21H17FO5S. The Morgan fingerprint density at radius 3 is 2.39 bits per heavy atom. The highest BCUT2D eigenvalue weighted by Crippen LogP contribution is 2.29. The first-order chi connectivity index (χ1) is 13.4. The van der Waals surface area contributed by atoms with E-state index in [4.69, 9.17) is 8.92 Å². The molecule has 3 aromatic rings. The minimum Gasteiger partial charge on any atom is -0.497 e. The van der Waals surface area contributed by atoms with E-state index in [2.05, 4.69) is 0 Å². The average Bonchev–Trinajstić information content (AvgIpc) is 2.67. The fourth-order valence-electron chi connectivity index (χ4n) is 2.63. The maximum atomic E-state index is 13.3. The number of ketones is 1. The van der Waals surface area contributed by atoms with Crippen molar-refractivity contribution in [3.8, 4) is 11.5 Å². The fraction of sp³-hybridized carbons (Fsp3) is 0.0952. The van der Waals surface area contributed by atoms with Gasteiger partial charge in [-0.2, -0.15) is 8.42 Å².